The minimum absolute atomic E-state index is 0.817. The second-order valence-electron chi connectivity index (χ2n) is 3.75. The lowest BCUT2D eigenvalue weighted by Crippen LogP contribution is -2.25. The van der Waals surface area contributed by atoms with Gasteiger partial charge in [-0.1, -0.05) is 27.7 Å². The van der Waals surface area contributed by atoms with Crippen LogP contribution in [0.5, 0.6) is 0 Å². The highest BCUT2D eigenvalue weighted by Crippen LogP contribution is 2.17. The molecule has 80 valence electrons. The fraction of sp³-hybridized carbons (Fsp3) is 1.00. The highest BCUT2D eigenvalue weighted by atomic mass is 32.2. The molecule has 0 aliphatic heterocycles. The summed E-state index contributed by atoms with van der Waals surface area (Å²) in [6.45, 7) is 11.4. The SMILES string of the molecule is CCNCC(C)C(C)CCSCC. The number of rotatable bonds is 8. The van der Waals surface area contributed by atoms with Crippen molar-refractivity contribution in [3.8, 4) is 0 Å². The van der Waals surface area contributed by atoms with Crippen LogP contribution in [-0.4, -0.2) is 24.6 Å². The van der Waals surface area contributed by atoms with E-state index in [9.17, 15) is 0 Å². The zero-order valence-corrected chi connectivity index (χ0v) is 10.4. The molecule has 1 N–H and O–H groups in total. The van der Waals surface area contributed by atoms with Crippen LogP contribution in [0.4, 0.5) is 0 Å². The van der Waals surface area contributed by atoms with E-state index in [1.54, 1.807) is 0 Å². The predicted octanol–water partition coefficient (Wildman–Crippen LogP) is 3.01. The van der Waals surface area contributed by atoms with Crippen LogP contribution in [0.25, 0.3) is 0 Å². The Bertz CT molecular complexity index is 106. The van der Waals surface area contributed by atoms with Gasteiger partial charge in [-0.25, -0.2) is 0 Å². The van der Waals surface area contributed by atoms with Crippen LogP contribution in [0.15, 0.2) is 0 Å². The zero-order valence-electron chi connectivity index (χ0n) is 9.60. The standard InChI is InChI=1S/C11H25NS/c1-5-12-9-11(4)10(3)7-8-13-6-2/h10-12H,5-9H2,1-4H3. The fourth-order valence-electron chi connectivity index (χ4n) is 1.27. The Morgan fingerprint density at radius 1 is 1.15 bits per heavy atom. The number of hydrogen-bond acceptors (Lipinski definition) is 2. The molecule has 2 unspecified atom stereocenters. The van der Waals surface area contributed by atoms with Gasteiger partial charge < -0.3 is 5.32 Å². The van der Waals surface area contributed by atoms with Crippen LogP contribution in [0, 0.1) is 11.8 Å². The molecule has 0 aromatic rings. The van der Waals surface area contributed by atoms with Crippen molar-refractivity contribution < 1.29 is 0 Å². The normalized spacial score (nSPS) is 15.7. The van der Waals surface area contributed by atoms with Gasteiger partial charge in [-0.2, -0.15) is 11.8 Å². The van der Waals surface area contributed by atoms with Crippen molar-refractivity contribution in [1.29, 1.82) is 0 Å². The van der Waals surface area contributed by atoms with E-state index in [-0.39, 0.29) is 0 Å². The minimum atomic E-state index is 0.817. The lowest BCUT2D eigenvalue weighted by Gasteiger charge is -2.19. The molecular weight excluding hydrogens is 178 g/mol. The van der Waals surface area contributed by atoms with E-state index in [2.05, 4.69) is 44.8 Å². The van der Waals surface area contributed by atoms with Crippen LogP contribution < -0.4 is 5.32 Å². The summed E-state index contributed by atoms with van der Waals surface area (Å²) in [5, 5.41) is 3.41. The highest BCUT2D eigenvalue weighted by molar-refractivity contribution is 7.99. The van der Waals surface area contributed by atoms with Crippen LogP contribution in [0.2, 0.25) is 0 Å². The van der Waals surface area contributed by atoms with E-state index in [0.29, 0.717) is 0 Å². The molecule has 0 aliphatic rings. The second-order valence-corrected chi connectivity index (χ2v) is 5.14. The Morgan fingerprint density at radius 2 is 1.85 bits per heavy atom. The molecule has 1 nitrogen and oxygen atoms in total. The molecule has 13 heavy (non-hydrogen) atoms. The van der Waals surface area contributed by atoms with E-state index in [4.69, 9.17) is 0 Å². The Kier molecular flexibility index (Phi) is 9.10. The third-order valence-corrected chi connectivity index (χ3v) is 3.54. The fourth-order valence-corrected chi connectivity index (χ4v) is 2.10. The van der Waals surface area contributed by atoms with E-state index in [0.717, 1.165) is 18.4 Å². The minimum Gasteiger partial charge on any atom is -0.317 e. The Hall–Kier alpha value is 0.310. The maximum Gasteiger partial charge on any atom is -0.00207 e. The van der Waals surface area contributed by atoms with Crippen molar-refractivity contribution in [2.75, 3.05) is 24.6 Å². The monoisotopic (exact) mass is 203 g/mol. The van der Waals surface area contributed by atoms with Crippen molar-refractivity contribution in [3.05, 3.63) is 0 Å². The van der Waals surface area contributed by atoms with Crippen LogP contribution in [0.1, 0.15) is 34.1 Å². The summed E-state index contributed by atoms with van der Waals surface area (Å²) in [5.41, 5.74) is 0. The van der Waals surface area contributed by atoms with Gasteiger partial charge in [0.2, 0.25) is 0 Å². The van der Waals surface area contributed by atoms with Crippen molar-refractivity contribution in [2.45, 2.75) is 34.1 Å². The first kappa shape index (κ1) is 13.3. The number of nitrogens with one attached hydrogen (secondary N) is 1. The molecule has 2 heteroatoms. The summed E-state index contributed by atoms with van der Waals surface area (Å²) in [6, 6.07) is 0. The Labute approximate surface area is 88.1 Å². The molecule has 2 atom stereocenters. The van der Waals surface area contributed by atoms with Crippen molar-refractivity contribution in [3.63, 3.8) is 0 Å². The first-order chi connectivity index (χ1) is 6.22. The topological polar surface area (TPSA) is 12.0 Å². The van der Waals surface area contributed by atoms with Gasteiger partial charge in [0.05, 0.1) is 0 Å². The molecule has 0 bridgehead atoms. The largest absolute Gasteiger partial charge is 0.317 e. The molecule has 0 fully saturated rings. The molecule has 0 saturated heterocycles. The first-order valence-corrected chi connectivity index (χ1v) is 6.66. The molecule has 0 aromatic heterocycles. The molecule has 0 amide bonds. The molecule has 0 rings (SSSR count). The van der Waals surface area contributed by atoms with E-state index in [1.165, 1.54) is 24.5 Å². The molecule has 0 heterocycles. The summed E-state index contributed by atoms with van der Waals surface area (Å²) < 4.78 is 0. The molecular formula is C11H25NS. The van der Waals surface area contributed by atoms with Crippen LogP contribution in [0.3, 0.4) is 0 Å². The van der Waals surface area contributed by atoms with Crippen LogP contribution in [-0.2, 0) is 0 Å². The predicted molar refractivity (Wildman–Crippen MR) is 64.5 cm³/mol. The summed E-state index contributed by atoms with van der Waals surface area (Å²) >= 11 is 2.06. The number of hydrogen-bond donors (Lipinski definition) is 1. The van der Waals surface area contributed by atoms with Gasteiger partial charge in [-0.05, 0) is 42.9 Å². The molecule has 0 radical (unpaired) electrons. The molecule has 0 aromatic carbocycles. The van der Waals surface area contributed by atoms with E-state index >= 15 is 0 Å². The zero-order chi connectivity index (χ0) is 10.1. The Balaban J connectivity index is 3.38. The van der Waals surface area contributed by atoms with Gasteiger partial charge in [0, 0.05) is 0 Å². The second kappa shape index (κ2) is 8.89. The first-order valence-electron chi connectivity index (χ1n) is 5.50. The third kappa shape index (κ3) is 7.39. The van der Waals surface area contributed by atoms with E-state index < -0.39 is 0 Å². The van der Waals surface area contributed by atoms with Gasteiger partial charge in [0.15, 0.2) is 0 Å². The average Bonchev–Trinajstić information content (AvgIpc) is 2.14. The third-order valence-electron chi connectivity index (χ3n) is 2.61. The number of thioether (sulfide) groups is 1. The maximum atomic E-state index is 3.41. The van der Waals surface area contributed by atoms with Gasteiger partial charge in [0.1, 0.15) is 0 Å². The lowest BCUT2D eigenvalue weighted by molar-refractivity contribution is 0.363. The average molecular weight is 203 g/mol. The van der Waals surface area contributed by atoms with Crippen molar-refractivity contribution in [1.82, 2.24) is 5.32 Å². The van der Waals surface area contributed by atoms with Gasteiger partial charge in [-0.3, -0.25) is 0 Å². The van der Waals surface area contributed by atoms with E-state index in [1.807, 2.05) is 0 Å². The van der Waals surface area contributed by atoms with Crippen molar-refractivity contribution >= 4 is 11.8 Å². The summed E-state index contributed by atoms with van der Waals surface area (Å²) in [4.78, 5) is 0. The highest BCUT2D eigenvalue weighted by Gasteiger charge is 2.10. The van der Waals surface area contributed by atoms with Crippen LogP contribution >= 0.6 is 11.8 Å². The molecule has 0 spiro atoms. The molecule has 0 aliphatic carbocycles. The summed E-state index contributed by atoms with van der Waals surface area (Å²) in [6.07, 6.45) is 1.37. The lowest BCUT2D eigenvalue weighted by atomic mass is 9.93. The summed E-state index contributed by atoms with van der Waals surface area (Å²) in [7, 11) is 0. The van der Waals surface area contributed by atoms with Gasteiger partial charge >= 0.3 is 0 Å². The molecule has 0 saturated carbocycles. The quantitative estimate of drug-likeness (QED) is 0.609. The Morgan fingerprint density at radius 3 is 2.38 bits per heavy atom. The van der Waals surface area contributed by atoms with Gasteiger partial charge in [-0.15, -0.1) is 0 Å². The van der Waals surface area contributed by atoms with Gasteiger partial charge in [0.25, 0.3) is 0 Å². The maximum absolute atomic E-state index is 3.41. The smallest absolute Gasteiger partial charge is 0.00207 e. The van der Waals surface area contributed by atoms with Crippen molar-refractivity contribution in [2.24, 2.45) is 11.8 Å². The summed E-state index contributed by atoms with van der Waals surface area (Å²) in [5.74, 6) is 4.26.